The van der Waals surface area contributed by atoms with Crippen molar-refractivity contribution in [3.63, 3.8) is 0 Å². The molecule has 0 aromatic heterocycles. The van der Waals surface area contributed by atoms with Gasteiger partial charge in [-0.1, -0.05) is 52.3 Å². The van der Waals surface area contributed by atoms with Gasteiger partial charge in [0.15, 0.2) is 0 Å². The minimum Gasteiger partial charge on any atom is -0.258 e. The van der Waals surface area contributed by atoms with E-state index in [2.05, 4.69) is 15.9 Å². The fraction of sp³-hybridized carbons (Fsp3) is 0.143. The summed E-state index contributed by atoms with van der Waals surface area (Å²) in [4.78, 5) is 10.2. The van der Waals surface area contributed by atoms with E-state index in [0.717, 1.165) is 0 Å². The number of alkyl halides is 1. The van der Waals surface area contributed by atoms with Crippen molar-refractivity contribution < 1.29 is 9.31 Å². The van der Waals surface area contributed by atoms with Gasteiger partial charge in [0.2, 0.25) is 0 Å². The molecule has 0 fully saturated rings. The van der Waals surface area contributed by atoms with E-state index in [-0.39, 0.29) is 16.3 Å². The van der Waals surface area contributed by atoms with Crippen LogP contribution in [0, 0.1) is 15.9 Å². The Kier molecular flexibility index (Phi) is 4.27. The van der Waals surface area contributed by atoms with Crippen molar-refractivity contribution in [3.8, 4) is 0 Å². The van der Waals surface area contributed by atoms with E-state index in [1.54, 1.807) is 36.4 Å². The number of halogens is 2. The highest BCUT2D eigenvalue weighted by molar-refractivity contribution is 9.09. The van der Waals surface area contributed by atoms with Crippen LogP contribution >= 0.6 is 15.9 Å². The standard InChI is InChI=1S/C14H11BrFNO2/c15-12(11-6-2-3-7-13(11)16)9-10-5-1-4-8-14(10)17(18)19/h1-8,12H,9H2. The number of nitro groups is 1. The maximum Gasteiger partial charge on any atom is 0.272 e. The molecule has 0 bridgehead atoms. The van der Waals surface area contributed by atoms with Gasteiger partial charge >= 0.3 is 0 Å². The summed E-state index contributed by atoms with van der Waals surface area (Å²) in [7, 11) is 0. The third-order valence-electron chi connectivity index (χ3n) is 2.83. The van der Waals surface area contributed by atoms with E-state index in [1.807, 2.05) is 0 Å². The first kappa shape index (κ1) is 13.7. The molecule has 0 amide bonds. The second-order valence-electron chi connectivity index (χ2n) is 4.08. The smallest absolute Gasteiger partial charge is 0.258 e. The molecule has 0 saturated carbocycles. The first-order chi connectivity index (χ1) is 9.09. The van der Waals surface area contributed by atoms with Crippen LogP contribution < -0.4 is 0 Å². The molecule has 19 heavy (non-hydrogen) atoms. The summed E-state index contributed by atoms with van der Waals surface area (Å²) < 4.78 is 13.6. The van der Waals surface area contributed by atoms with E-state index >= 15 is 0 Å². The molecule has 0 N–H and O–H groups in total. The number of rotatable bonds is 4. The van der Waals surface area contributed by atoms with E-state index in [1.165, 1.54) is 12.1 Å². The average Bonchev–Trinajstić information content (AvgIpc) is 2.39. The summed E-state index contributed by atoms with van der Waals surface area (Å²) in [5, 5.41) is 10.9. The van der Waals surface area contributed by atoms with Gasteiger partial charge in [0.25, 0.3) is 5.69 Å². The highest BCUT2D eigenvalue weighted by Crippen LogP contribution is 2.31. The lowest BCUT2D eigenvalue weighted by molar-refractivity contribution is -0.385. The molecular weight excluding hydrogens is 313 g/mol. The molecule has 1 unspecified atom stereocenters. The van der Waals surface area contributed by atoms with Crippen molar-refractivity contribution in [2.24, 2.45) is 0 Å². The Morgan fingerprint density at radius 3 is 2.47 bits per heavy atom. The molecule has 2 rings (SSSR count). The van der Waals surface area contributed by atoms with Crippen molar-refractivity contribution in [1.29, 1.82) is 0 Å². The van der Waals surface area contributed by atoms with Crippen LogP contribution in [0.1, 0.15) is 16.0 Å². The minimum atomic E-state index is -0.420. The highest BCUT2D eigenvalue weighted by Gasteiger charge is 2.18. The largest absolute Gasteiger partial charge is 0.272 e. The number of benzene rings is 2. The fourth-order valence-corrected chi connectivity index (χ4v) is 2.61. The zero-order valence-corrected chi connectivity index (χ0v) is 11.5. The summed E-state index contributed by atoms with van der Waals surface area (Å²) in [6.45, 7) is 0. The molecule has 2 aromatic rings. The van der Waals surface area contributed by atoms with E-state index in [9.17, 15) is 14.5 Å². The monoisotopic (exact) mass is 323 g/mol. The lowest BCUT2D eigenvalue weighted by Gasteiger charge is -2.11. The maximum atomic E-state index is 13.6. The molecule has 0 spiro atoms. The van der Waals surface area contributed by atoms with Crippen molar-refractivity contribution in [2.45, 2.75) is 11.2 Å². The SMILES string of the molecule is O=[N+]([O-])c1ccccc1CC(Br)c1ccccc1F. The number of nitro benzene ring substituents is 1. The molecule has 1 atom stereocenters. The minimum absolute atomic E-state index is 0.0586. The molecular formula is C14H11BrFNO2. The number of nitrogens with zero attached hydrogens (tertiary/aromatic N) is 1. The second kappa shape index (κ2) is 5.93. The quantitative estimate of drug-likeness (QED) is 0.475. The maximum absolute atomic E-state index is 13.6. The summed E-state index contributed by atoms with van der Waals surface area (Å²) in [5.41, 5.74) is 1.14. The lowest BCUT2D eigenvalue weighted by atomic mass is 10.0. The van der Waals surface area contributed by atoms with Gasteiger partial charge in [-0.15, -0.1) is 0 Å². The van der Waals surface area contributed by atoms with E-state index in [4.69, 9.17) is 0 Å². The Hall–Kier alpha value is -1.75. The lowest BCUT2D eigenvalue weighted by Crippen LogP contribution is -2.01. The number of hydrogen-bond donors (Lipinski definition) is 0. The average molecular weight is 324 g/mol. The molecule has 0 aliphatic carbocycles. The van der Waals surface area contributed by atoms with Crippen LogP contribution in [0.3, 0.4) is 0 Å². The third-order valence-corrected chi connectivity index (χ3v) is 3.65. The summed E-state index contributed by atoms with van der Waals surface area (Å²) in [6.07, 6.45) is 0.359. The molecule has 0 saturated heterocycles. The topological polar surface area (TPSA) is 43.1 Å². The van der Waals surface area contributed by atoms with Crippen LogP contribution in [0.5, 0.6) is 0 Å². The molecule has 0 radical (unpaired) electrons. The molecule has 5 heteroatoms. The van der Waals surface area contributed by atoms with Gasteiger partial charge < -0.3 is 0 Å². The second-order valence-corrected chi connectivity index (χ2v) is 5.18. The van der Waals surface area contributed by atoms with Crippen LogP contribution in [0.2, 0.25) is 0 Å². The van der Waals surface area contributed by atoms with Gasteiger partial charge in [0, 0.05) is 22.0 Å². The van der Waals surface area contributed by atoms with Gasteiger partial charge in [0.05, 0.1) is 4.92 Å². The predicted octanol–water partition coefficient (Wildman–Crippen LogP) is 4.41. The van der Waals surface area contributed by atoms with Gasteiger partial charge in [0.1, 0.15) is 5.82 Å². The van der Waals surface area contributed by atoms with Crippen molar-refractivity contribution >= 4 is 21.6 Å². The van der Waals surface area contributed by atoms with Crippen molar-refractivity contribution in [3.05, 3.63) is 75.6 Å². The van der Waals surface area contributed by atoms with Gasteiger partial charge in [-0.2, -0.15) is 0 Å². The number of para-hydroxylation sites is 1. The van der Waals surface area contributed by atoms with Gasteiger partial charge in [-0.3, -0.25) is 10.1 Å². The fourth-order valence-electron chi connectivity index (χ4n) is 1.89. The first-order valence-corrected chi connectivity index (χ1v) is 6.62. The normalized spacial score (nSPS) is 12.1. The zero-order valence-electron chi connectivity index (χ0n) is 9.92. The Morgan fingerprint density at radius 2 is 1.79 bits per heavy atom. The summed E-state index contributed by atoms with van der Waals surface area (Å²) in [5.74, 6) is -0.317. The molecule has 0 aliphatic rings. The van der Waals surface area contributed by atoms with Crippen LogP contribution in [0.25, 0.3) is 0 Å². The molecule has 0 aliphatic heterocycles. The predicted molar refractivity (Wildman–Crippen MR) is 74.9 cm³/mol. The van der Waals surface area contributed by atoms with Crippen LogP contribution in [-0.4, -0.2) is 4.92 Å². The van der Waals surface area contributed by atoms with E-state index in [0.29, 0.717) is 17.5 Å². The van der Waals surface area contributed by atoms with Crippen molar-refractivity contribution in [1.82, 2.24) is 0 Å². The third kappa shape index (κ3) is 3.17. The molecule has 3 nitrogen and oxygen atoms in total. The van der Waals surface area contributed by atoms with E-state index < -0.39 is 4.92 Å². The zero-order chi connectivity index (χ0) is 13.8. The summed E-state index contributed by atoms with van der Waals surface area (Å²) in [6, 6.07) is 12.9. The molecule has 0 heterocycles. The van der Waals surface area contributed by atoms with Crippen LogP contribution in [0.4, 0.5) is 10.1 Å². The molecule has 98 valence electrons. The van der Waals surface area contributed by atoms with Crippen LogP contribution in [-0.2, 0) is 6.42 Å². The first-order valence-electron chi connectivity index (χ1n) is 5.70. The summed E-state index contributed by atoms with van der Waals surface area (Å²) >= 11 is 3.39. The Balaban J connectivity index is 2.27. The van der Waals surface area contributed by atoms with Gasteiger partial charge in [-0.05, 0) is 12.5 Å². The Bertz CT molecular complexity index is 604. The van der Waals surface area contributed by atoms with Gasteiger partial charge in [-0.25, -0.2) is 4.39 Å². The van der Waals surface area contributed by atoms with Crippen LogP contribution in [0.15, 0.2) is 48.5 Å². The Morgan fingerprint density at radius 1 is 1.16 bits per heavy atom. The Labute approximate surface area is 118 Å². The van der Waals surface area contributed by atoms with Crippen molar-refractivity contribution in [2.75, 3.05) is 0 Å². The number of hydrogen-bond acceptors (Lipinski definition) is 2. The molecule has 2 aromatic carbocycles. The highest BCUT2D eigenvalue weighted by atomic mass is 79.9.